The molecule has 1 aromatic heterocycles. The predicted molar refractivity (Wildman–Crippen MR) is 65.2 cm³/mol. The highest BCUT2D eigenvalue weighted by Gasteiger charge is 2.25. The molecule has 0 bridgehead atoms. The lowest BCUT2D eigenvalue weighted by Gasteiger charge is -2.19. The van der Waals surface area contributed by atoms with Gasteiger partial charge in [0.15, 0.2) is 0 Å². The third-order valence-corrected chi connectivity index (χ3v) is 2.43. The summed E-state index contributed by atoms with van der Waals surface area (Å²) in [5.41, 5.74) is 0.0528. The summed E-state index contributed by atoms with van der Waals surface area (Å²) in [5.74, 6) is -1.13. The van der Waals surface area contributed by atoms with E-state index in [0.717, 1.165) is 0 Å². The van der Waals surface area contributed by atoms with Crippen LogP contribution in [-0.4, -0.2) is 35.0 Å². The molecule has 6 nitrogen and oxygen atoms in total. The monoisotopic (exact) mass is 271 g/mol. The number of carbonyl (C=O) groups is 2. The zero-order valence-corrected chi connectivity index (χ0v) is 11.1. The Bertz CT molecular complexity index is 451. The number of hydrogen-bond acceptors (Lipinski definition) is 5. The highest BCUT2D eigenvalue weighted by atomic mass is 35.5. The van der Waals surface area contributed by atoms with Crippen molar-refractivity contribution in [1.29, 1.82) is 0 Å². The molecule has 0 aromatic carbocycles. The number of amides is 1. The van der Waals surface area contributed by atoms with Gasteiger partial charge in [-0.15, -0.1) is 0 Å². The van der Waals surface area contributed by atoms with Crippen LogP contribution >= 0.6 is 11.6 Å². The Balaban J connectivity index is 2.82. The van der Waals surface area contributed by atoms with E-state index >= 15 is 0 Å². The summed E-state index contributed by atoms with van der Waals surface area (Å²) in [6.07, 6.45) is 2.59. The first-order valence-electron chi connectivity index (χ1n) is 5.32. The van der Waals surface area contributed by atoms with Crippen LogP contribution in [0, 0.1) is 5.92 Å². The molecule has 1 aromatic rings. The Morgan fingerprint density at radius 3 is 2.56 bits per heavy atom. The molecule has 1 N–H and O–H groups in total. The van der Waals surface area contributed by atoms with Crippen LogP contribution in [0.4, 0.5) is 0 Å². The summed E-state index contributed by atoms with van der Waals surface area (Å²) in [4.78, 5) is 30.9. The molecule has 1 unspecified atom stereocenters. The Hall–Kier alpha value is -1.69. The quantitative estimate of drug-likeness (QED) is 0.828. The van der Waals surface area contributed by atoms with E-state index < -0.39 is 17.9 Å². The topological polar surface area (TPSA) is 81.2 Å². The molecule has 1 rings (SSSR count). The Labute approximate surface area is 110 Å². The number of esters is 1. The minimum Gasteiger partial charge on any atom is -0.467 e. The Morgan fingerprint density at radius 2 is 2.06 bits per heavy atom. The third-order valence-electron chi connectivity index (χ3n) is 2.25. The highest BCUT2D eigenvalue weighted by molar-refractivity contribution is 6.29. The van der Waals surface area contributed by atoms with Crippen LogP contribution in [0.2, 0.25) is 5.15 Å². The van der Waals surface area contributed by atoms with E-state index in [1.807, 2.05) is 0 Å². The smallest absolute Gasteiger partial charge is 0.328 e. The summed E-state index contributed by atoms with van der Waals surface area (Å²) in [5, 5.41) is 2.65. The average molecular weight is 272 g/mol. The molecule has 0 saturated heterocycles. The number of nitrogens with one attached hydrogen (secondary N) is 1. The Morgan fingerprint density at radius 1 is 1.39 bits per heavy atom. The van der Waals surface area contributed by atoms with Crippen LogP contribution < -0.4 is 5.32 Å². The summed E-state index contributed by atoms with van der Waals surface area (Å²) in [7, 11) is 1.27. The number of methoxy groups -OCH3 is 1. The molecule has 1 heterocycles. The average Bonchev–Trinajstić information content (AvgIpc) is 2.34. The second-order valence-corrected chi connectivity index (χ2v) is 4.33. The number of hydrogen-bond donors (Lipinski definition) is 1. The Kier molecular flexibility index (Phi) is 5.03. The van der Waals surface area contributed by atoms with Gasteiger partial charge in [0.05, 0.1) is 19.5 Å². The summed E-state index contributed by atoms with van der Waals surface area (Å²) < 4.78 is 4.62. The van der Waals surface area contributed by atoms with Gasteiger partial charge in [0.25, 0.3) is 5.91 Å². The largest absolute Gasteiger partial charge is 0.467 e. The number of ether oxygens (including phenoxy) is 1. The summed E-state index contributed by atoms with van der Waals surface area (Å²) >= 11 is 5.63. The molecule has 98 valence electrons. The maximum absolute atomic E-state index is 11.9. The number of halogens is 1. The fraction of sp³-hybridized carbons (Fsp3) is 0.455. The molecule has 1 atom stereocenters. The van der Waals surface area contributed by atoms with E-state index in [0.29, 0.717) is 0 Å². The van der Waals surface area contributed by atoms with Gasteiger partial charge >= 0.3 is 5.97 Å². The van der Waals surface area contributed by atoms with Crippen LogP contribution in [0.15, 0.2) is 12.4 Å². The van der Waals surface area contributed by atoms with Crippen molar-refractivity contribution in [2.45, 2.75) is 19.9 Å². The lowest BCUT2D eigenvalue weighted by molar-refractivity contribution is -0.144. The van der Waals surface area contributed by atoms with Crippen molar-refractivity contribution >= 4 is 23.5 Å². The first-order valence-corrected chi connectivity index (χ1v) is 5.69. The van der Waals surface area contributed by atoms with Crippen LogP contribution in [0.1, 0.15) is 24.3 Å². The van der Waals surface area contributed by atoms with E-state index in [2.05, 4.69) is 20.0 Å². The minimum atomic E-state index is -0.733. The van der Waals surface area contributed by atoms with E-state index in [-0.39, 0.29) is 16.8 Å². The van der Waals surface area contributed by atoms with Gasteiger partial charge in [0.2, 0.25) is 0 Å². The maximum atomic E-state index is 11.9. The number of carbonyl (C=O) groups excluding carboxylic acids is 2. The molecular formula is C11H14ClN3O3. The zero-order chi connectivity index (χ0) is 13.7. The number of rotatable bonds is 4. The van der Waals surface area contributed by atoms with Crippen LogP contribution in [0.25, 0.3) is 0 Å². The molecule has 0 spiro atoms. The molecule has 0 aliphatic heterocycles. The zero-order valence-electron chi connectivity index (χ0n) is 10.3. The van der Waals surface area contributed by atoms with E-state index in [1.165, 1.54) is 19.5 Å². The molecule has 18 heavy (non-hydrogen) atoms. The van der Waals surface area contributed by atoms with Gasteiger partial charge in [0, 0.05) is 0 Å². The van der Waals surface area contributed by atoms with E-state index in [9.17, 15) is 9.59 Å². The normalized spacial score (nSPS) is 12.1. The van der Waals surface area contributed by atoms with Gasteiger partial charge in [-0.3, -0.25) is 9.78 Å². The van der Waals surface area contributed by atoms with E-state index in [4.69, 9.17) is 11.6 Å². The van der Waals surface area contributed by atoms with Crippen molar-refractivity contribution in [3.63, 3.8) is 0 Å². The van der Waals surface area contributed by atoms with Gasteiger partial charge in [-0.25, -0.2) is 9.78 Å². The number of nitrogens with zero attached hydrogens (tertiary/aromatic N) is 2. The summed E-state index contributed by atoms with van der Waals surface area (Å²) in [6.45, 7) is 3.59. The van der Waals surface area contributed by atoms with Crippen molar-refractivity contribution in [1.82, 2.24) is 15.3 Å². The molecule has 1 amide bonds. The minimum absolute atomic E-state index is 0.0528. The first-order chi connectivity index (χ1) is 8.45. The maximum Gasteiger partial charge on any atom is 0.328 e. The SMILES string of the molecule is COC(=O)C(NC(=O)c1cncc(Cl)n1)C(C)C. The second-order valence-electron chi connectivity index (χ2n) is 3.95. The van der Waals surface area contributed by atoms with Crippen molar-refractivity contribution in [3.05, 3.63) is 23.2 Å². The second kappa shape index (κ2) is 6.30. The molecule has 0 saturated carbocycles. The summed E-state index contributed by atoms with van der Waals surface area (Å²) in [6, 6.07) is -0.733. The van der Waals surface area contributed by atoms with Gasteiger partial charge < -0.3 is 10.1 Å². The van der Waals surface area contributed by atoms with Gasteiger partial charge in [-0.2, -0.15) is 0 Å². The molecule has 0 fully saturated rings. The molecule has 0 radical (unpaired) electrons. The van der Waals surface area contributed by atoms with Crippen LogP contribution in [0.3, 0.4) is 0 Å². The predicted octanol–water partition coefficient (Wildman–Crippen LogP) is 1.06. The lowest BCUT2D eigenvalue weighted by atomic mass is 10.0. The van der Waals surface area contributed by atoms with Gasteiger partial charge in [-0.05, 0) is 5.92 Å². The molecule has 0 aliphatic rings. The third kappa shape index (κ3) is 3.66. The van der Waals surface area contributed by atoms with Gasteiger partial charge in [0.1, 0.15) is 16.9 Å². The highest BCUT2D eigenvalue weighted by Crippen LogP contribution is 2.06. The van der Waals surface area contributed by atoms with Gasteiger partial charge in [-0.1, -0.05) is 25.4 Å². The van der Waals surface area contributed by atoms with Crippen LogP contribution in [0.5, 0.6) is 0 Å². The standard InChI is InChI=1S/C11H14ClN3O3/c1-6(2)9(11(17)18-3)15-10(16)7-4-13-5-8(12)14-7/h4-6,9H,1-3H3,(H,15,16). The van der Waals surface area contributed by atoms with Crippen molar-refractivity contribution in [2.24, 2.45) is 5.92 Å². The molecule has 7 heteroatoms. The molecular weight excluding hydrogens is 258 g/mol. The van der Waals surface area contributed by atoms with Crippen LogP contribution in [-0.2, 0) is 9.53 Å². The van der Waals surface area contributed by atoms with Crippen molar-refractivity contribution in [3.8, 4) is 0 Å². The van der Waals surface area contributed by atoms with Crippen molar-refractivity contribution in [2.75, 3.05) is 7.11 Å². The van der Waals surface area contributed by atoms with Crippen molar-refractivity contribution < 1.29 is 14.3 Å². The van der Waals surface area contributed by atoms with E-state index in [1.54, 1.807) is 13.8 Å². The first kappa shape index (κ1) is 14.4. The fourth-order valence-electron chi connectivity index (χ4n) is 1.29. The number of aromatic nitrogens is 2. The molecule has 0 aliphatic carbocycles. The fourth-order valence-corrected chi connectivity index (χ4v) is 1.44. The lowest BCUT2D eigenvalue weighted by Crippen LogP contribution is -2.45.